The van der Waals surface area contributed by atoms with Crippen LogP contribution in [-0.2, 0) is 4.79 Å². The van der Waals surface area contributed by atoms with Gasteiger partial charge >= 0.3 is 12.1 Å². The van der Waals surface area contributed by atoms with E-state index in [-0.39, 0.29) is 19.1 Å². The molecule has 1 heterocycles. The van der Waals surface area contributed by atoms with Crippen LogP contribution >= 0.6 is 0 Å². The molecular weight excluding hydrogens is 199 g/mol. The van der Waals surface area contributed by atoms with E-state index in [1.807, 2.05) is 0 Å². The van der Waals surface area contributed by atoms with Crippen LogP contribution in [0, 0.1) is 0 Å². The van der Waals surface area contributed by atoms with E-state index in [4.69, 9.17) is 5.73 Å². The van der Waals surface area contributed by atoms with Crippen molar-refractivity contribution in [3.8, 4) is 0 Å². The van der Waals surface area contributed by atoms with Crippen molar-refractivity contribution in [1.82, 2.24) is 10.2 Å². The highest BCUT2D eigenvalue weighted by atomic mass is 19.4. The number of nitrogens with one attached hydrogen (secondary N) is 1. The van der Waals surface area contributed by atoms with Crippen LogP contribution in [0.3, 0.4) is 0 Å². The maximum absolute atomic E-state index is 11.9. The van der Waals surface area contributed by atoms with Crippen molar-refractivity contribution in [2.45, 2.75) is 12.2 Å². The standard InChI is InChI=1S/C7H12F3N3O/c8-7(9,10)6(14)13-3-5(4-13)12-2-1-11/h5,12H,1-4,11H2. The van der Waals surface area contributed by atoms with Crippen molar-refractivity contribution < 1.29 is 18.0 Å². The molecule has 0 aromatic carbocycles. The number of likely N-dealkylation sites (tertiary alicyclic amines) is 1. The monoisotopic (exact) mass is 211 g/mol. The lowest BCUT2D eigenvalue weighted by Crippen LogP contribution is -2.62. The Morgan fingerprint density at radius 2 is 2.07 bits per heavy atom. The average Bonchev–Trinajstić information content (AvgIpc) is 1.99. The number of carbonyl (C=O) groups is 1. The minimum Gasteiger partial charge on any atom is -0.332 e. The molecule has 0 bridgehead atoms. The zero-order valence-corrected chi connectivity index (χ0v) is 7.47. The second-order valence-corrected chi connectivity index (χ2v) is 3.15. The Morgan fingerprint density at radius 1 is 1.50 bits per heavy atom. The Labute approximate surface area is 79.2 Å². The molecule has 1 rings (SSSR count). The van der Waals surface area contributed by atoms with Crippen LogP contribution in [0.1, 0.15) is 0 Å². The van der Waals surface area contributed by atoms with Gasteiger partial charge < -0.3 is 16.0 Å². The molecule has 0 aliphatic carbocycles. The lowest BCUT2D eigenvalue weighted by Gasteiger charge is -2.39. The van der Waals surface area contributed by atoms with Crippen LogP contribution in [0.5, 0.6) is 0 Å². The molecule has 82 valence electrons. The fourth-order valence-electron chi connectivity index (χ4n) is 1.24. The van der Waals surface area contributed by atoms with Gasteiger partial charge in [0.15, 0.2) is 0 Å². The zero-order valence-electron chi connectivity index (χ0n) is 7.47. The van der Waals surface area contributed by atoms with Crippen molar-refractivity contribution in [3.05, 3.63) is 0 Å². The summed E-state index contributed by atoms with van der Waals surface area (Å²) in [7, 11) is 0. The highest BCUT2D eigenvalue weighted by Gasteiger charge is 2.46. The van der Waals surface area contributed by atoms with E-state index >= 15 is 0 Å². The average molecular weight is 211 g/mol. The summed E-state index contributed by atoms with van der Waals surface area (Å²) in [4.78, 5) is 11.4. The van der Waals surface area contributed by atoms with Crippen molar-refractivity contribution in [2.24, 2.45) is 5.73 Å². The van der Waals surface area contributed by atoms with E-state index < -0.39 is 12.1 Å². The third-order valence-corrected chi connectivity index (χ3v) is 1.99. The molecule has 0 saturated carbocycles. The van der Waals surface area contributed by atoms with Crippen LogP contribution in [0.15, 0.2) is 0 Å². The molecule has 0 radical (unpaired) electrons. The molecule has 0 aromatic rings. The number of rotatable bonds is 3. The largest absolute Gasteiger partial charge is 0.471 e. The number of halogens is 3. The second kappa shape index (κ2) is 4.14. The summed E-state index contributed by atoms with van der Waals surface area (Å²) < 4.78 is 35.6. The molecule has 7 heteroatoms. The highest BCUT2D eigenvalue weighted by molar-refractivity contribution is 5.82. The number of alkyl halides is 3. The fraction of sp³-hybridized carbons (Fsp3) is 0.857. The Morgan fingerprint density at radius 3 is 2.50 bits per heavy atom. The maximum Gasteiger partial charge on any atom is 0.471 e. The molecule has 14 heavy (non-hydrogen) atoms. The minimum atomic E-state index is -4.75. The molecule has 4 nitrogen and oxygen atoms in total. The van der Waals surface area contributed by atoms with Gasteiger partial charge in [-0.3, -0.25) is 4.79 Å². The van der Waals surface area contributed by atoms with E-state index in [0.717, 1.165) is 4.90 Å². The van der Waals surface area contributed by atoms with Gasteiger partial charge in [-0.25, -0.2) is 0 Å². The van der Waals surface area contributed by atoms with E-state index in [2.05, 4.69) is 5.32 Å². The Balaban J connectivity index is 2.24. The summed E-state index contributed by atoms with van der Waals surface area (Å²) in [5.41, 5.74) is 5.20. The van der Waals surface area contributed by atoms with Crippen LogP contribution in [0.25, 0.3) is 0 Å². The summed E-state index contributed by atoms with van der Waals surface area (Å²) in [6.45, 7) is 1.21. The summed E-state index contributed by atoms with van der Waals surface area (Å²) in [6, 6.07) is -0.0511. The van der Waals surface area contributed by atoms with Gasteiger partial charge in [-0.05, 0) is 0 Å². The number of hydrogen-bond donors (Lipinski definition) is 2. The Bertz CT molecular complexity index is 213. The van der Waals surface area contributed by atoms with Crippen molar-refractivity contribution in [2.75, 3.05) is 26.2 Å². The van der Waals surface area contributed by atoms with Crippen molar-refractivity contribution in [3.63, 3.8) is 0 Å². The van der Waals surface area contributed by atoms with E-state index in [1.54, 1.807) is 0 Å². The van der Waals surface area contributed by atoms with Crippen LogP contribution < -0.4 is 11.1 Å². The van der Waals surface area contributed by atoms with Crippen LogP contribution in [-0.4, -0.2) is 49.2 Å². The van der Waals surface area contributed by atoms with Gasteiger partial charge in [-0.2, -0.15) is 13.2 Å². The summed E-state index contributed by atoms with van der Waals surface area (Å²) in [5.74, 6) is -1.76. The highest BCUT2D eigenvalue weighted by Crippen LogP contribution is 2.21. The Hall–Kier alpha value is -0.820. The molecule has 0 unspecified atom stereocenters. The lowest BCUT2D eigenvalue weighted by molar-refractivity contribution is -0.190. The lowest BCUT2D eigenvalue weighted by atomic mass is 10.1. The molecule has 0 spiro atoms. The molecule has 1 aliphatic heterocycles. The van der Waals surface area contributed by atoms with Crippen LogP contribution in [0.4, 0.5) is 13.2 Å². The molecular formula is C7H12F3N3O. The van der Waals surface area contributed by atoms with Gasteiger partial charge in [0, 0.05) is 32.2 Å². The zero-order chi connectivity index (χ0) is 10.8. The number of amides is 1. The normalized spacial score (nSPS) is 18.1. The van der Waals surface area contributed by atoms with Gasteiger partial charge in [0.25, 0.3) is 0 Å². The SMILES string of the molecule is NCCNC1CN(C(=O)C(F)(F)F)C1. The van der Waals surface area contributed by atoms with Gasteiger partial charge in [0.2, 0.25) is 0 Å². The Kier molecular flexibility index (Phi) is 3.33. The number of nitrogens with zero attached hydrogens (tertiary/aromatic N) is 1. The maximum atomic E-state index is 11.9. The minimum absolute atomic E-state index is 0.0511. The van der Waals surface area contributed by atoms with Crippen LogP contribution in [0.2, 0.25) is 0 Å². The van der Waals surface area contributed by atoms with Gasteiger partial charge in [-0.1, -0.05) is 0 Å². The van der Waals surface area contributed by atoms with Crippen molar-refractivity contribution >= 4 is 5.91 Å². The number of hydrogen-bond acceptors (Lipinski definition) is 3. The summed E-state index contributed by atoms with van der Waals surface area (Å²) >= 11 is 0. The van der Waals surface area contributed by atoms with Gasteiger partial charge in [-0.15, -0.1) is 0 Å². The van der Waals surface area contributed by atoms with Gasteiger partial charge in [0.1, 0.15) is 0 Å². The third kappa shape index (κ3) is 2.58. The van der Waals surface area contributed by atoms with E-state index in [9.17, 15) is 18.0 Å². The molecule has 1 saturated heterocycles. The first kappa shape index (κ1) is 11.3. The second-order valence-electron chi connectivity index (χ2n) is 3.15. The van der Waals surface area contributed by atoms with E-state index in [0.29, 0.717) is 13.1 Å². The van der Waals surface area contributed by atoms with E-state index in [1.165, 1.54) is 0 Å². The summed E-state index contributed by atoms with van der Waals surface area (Å²) in [6.07, 6.45) is -4.75. The van der Waals surface area contributed by atoms with Crippen molar-refractivity contribution in [1.29, 1.82) is 0 Å². The molecule has 3 N–H and O–H groups in total. The molecule has 1 aliphatic rings. The quantitative estimate of drug-likeness (QED) is 0.649. The first-order chi connectivity index (χ1) is 6.45. The molecule has 1 amide bonds. The predicted octanol–water partition coefficient (Wildman–Crippen LogP) is -0.692. The molecule has 0 atom stereocenters. The predicted molar refractivity (Wildman–Crippen MR) is 43.5 cm³/mol. The third-order valence-electron chi connectivity index (χ3n) is 1.99. The van der Waals surface area contributed by atoms with Gasteiger partial charge in [0.05, 0.1) is 0 Å². The smallest absolute Gasteiger partial charge is 0.332 e. The summed E-state index contributed by atoms with van der Waals surface area (Å²) in [5, 5.41) is 2.92. The molecule has 1 fully saturated rings. The topological polar surface area (TPSA) is 58.4 Å². The first-order valence-corrected chi connectivity index (χ1v) is 4.24. The molecule has 0 aromatic heterocycles. The number of carbonyl (C=O) groups excluding carboxylic acids is 1. The fourth-order valence-corrected chi connectivity index (χ4v) is 1.24. The number of nitrogens with two attached hydrogens (primary N) is 1. The first-order valence-electron chi connectivity index (χ1n) is 4.24.